The van der Waals surface area contributed by atoms with Crippen molar-refractivity contribution in [1.82, 2.24) is 9.78 Å². The highest BCUT2D eigenvalue weighted by Gasteiger charge is 2.12. The molecule has 4 nitrogen and oxygen atoms in total. The smallest absolute Gasteiger partial charge is 0.257 e. The number of hydrogen-bond donors (Lipinski definition) is 1. The Labute approximate surface area is 110 Å². The van der Waals surface area contributed by atoms with E-state index in [9.17, 15) is 8.78 Å². The molecule has 0 bridgehead atoms. The Balaban J connectivity index is 1.98. The van der Waals surface area contributed by atoms with Gasteiger partial charge in [0, 0.05) is 12.6 Å². The van der Waals surface area contributed by atoms with Crippen LogP contribution >= 0.6 is 0 Å². The van der Waals surface area contributed by atoms with Gasteiger partial charge in [0.25, 0.3) is 6.43 Å². The summed E-state index contributed by atoms with van der Waals surface area (Å²) in [7, 11) is 0. The van der Waals surface area contributed by atoms with Crippen LogP contribution in [0.3, 0.4) is 0 Å². The Bertz CT molecular complexity index is 521. The summed E-state index contributed by atoms with van der Waals surface area (Å²) in [6, 6.07) is 3.82. The molecule has 2 heterocycles. The predicted octanol–water partition coefficient (Wildman–Crippen LogP) is 3.48. The number of rotatable bonds is 6. The summed E-state index contributed by atoms with van der Waals surface area (Å²) in [5, 5.41) is 7.04. The van der Waals surface area contributed by atoms with Crippen molar-refractivity contribution in [2.75, 3.05) is 5.32 Å². The molecule has 0 saturated heterocycles. The normalized spacial score (nSPS) is 12.9. The molecule has 0 aliphatic carbocycles. The molecule has 0 fully saturated rings. The number of aryl methyl sites for hydroxylation is 1. The third-order valence-corrected chi connectivity index (χ3v) is 2.80. The van der Waals surface area contributed by atoms with Gasteiger partial charge in [-0.25, -0.2) is 8.78 Å². The van der Waals surface area contributed by atoms with Crippen molar-refractivity contribution in [1.29, 1.82) is 0 Å². The van der Waals surface area contributed by atoms with Gasteiger partial charge in [-0.2, -0.15) is 5.10 Å². The molecule has 0 radical (unpaired) electrons. The van der Waals surface area contributed by atoms with Crippen LogP contribution in [0, 0.1) is 0 Å². The first-order valence-electron chi connectivity index (χ1n) is 6.24. The summed E-state index contributed by atoms with van der Waals surface area (Å²) in [5.74, 6) is 1.75. The van der Waals surface area contributed by atoms with Crippen molar-refractivity contribution in [3.05, 3.63) is 36.0 Å². The van der Waals surface area contributed by atoms with E-state index in [1.807, 2.05) is 26.0 Å². The lowest BCUT2D eigenvalue weighted by atomic mass is 10.2. The molecule has 0 aromatic carbocycles. The fourth-order valence-corrected chi connectivity index (χ4v) is 1.82. The third-order valence-electron chi connectivity index (χ3n) is 2.80. The van der Waals surface area contributed by atoms with Gasteiger partial charge in [0.05, 0.1) is 17.9 Å². The van der Waals surface area contributed by atoms with Gasteiger partial charge < -0.3 is 9.73 Å². The molecule has 0 saturated carbocycles. The molecule has 0 unspecified atom stereocenters. The van der Waals surface area contributed by atoms with Gasteiger partial charge in [0.1, 0.15) is 18.1 Å². The zero-order chi connectivity index (χ0) is 13.8. The fourth-order valence-electron chi connectivity index (χ4n) is 1.82. The average Bonchev–Trinajstić information content (AvgIpc) is 2.97. The second kappa shape index (κ2) is 5.86. The first-order chi connectivity index (χ1) is 9.08. The molecule has 0 aliphatic heterocycles. The lowest BCUT2D eigenvalue weighted by Gasteiger charge is -2.10. The van der Waals surface area contributed by atoms with Crippen LogP contribution in [0.15, 0.2) is 28.9 Å². The highest BCUT2D eigenvalue weighted by molar-refractivity contribution is 5.40. The van der Waals surface area contributed by atoms with E-state index < -0.39 is 13.0 Å². The van der Waals surface area contributed by atoms with Gasteiger partial charge in [0.2, 0.25) is 0 Å². The van der Waals surface area contributed by atoms with Gasteiger partial charge in [0.15, 0.2) is 0 Å². The predicted molar refractivity (Wildman–Crippen MR) is 68.4 cm³/mol. The van der Waals surface area contributed by atoms with Crippen molar-refractivity contribution >= 4 is 5.69 Å². The van der Waals surface area contributed by atoms with Gasteiger partial charge in [-0.1, -0.05) is 6.92 Å². The van der Waals surface area contributed by atoms with Crippen molar-refractivity contribution in [3.8, 4) is 0 Å². The maximum absolute atomic E-state index is 12.2. The van der Waals surface area contributed by atoms with Crippen molar-refractivity contribution in [2.45, 2.75) is 39.3 Å². The Hall–Kier alpha value is -1.85. The van der Waals surface area contributed by atoms with Crippen molar-refractivity contribution in [3.63, 3.8) is 0 Å². The summed E-state index contributed by atoms with van der Waals surface area (Å²) >= 11 is 0. The van der Waals surface area contributed by atoms with Gasteiger partial charge in [-0.05, 0) is 19.1 Å². The summed E-state index contributed by atoms with van der Waals surface area (Å²) in [5.41, 5.74) is 0.697. The zero-order valence-corrected chi connectivity index (χ0v) is 10.9. The Kier molecular flexibility index (Phi) is 4.19. The van der Waals surface area contributed by atoms with Gasteiger partial charge >= 0.3 is 0 Å². The molecule has 2 rings (SSSR count). The highest BCUT2D eigenvalue weighted by atomic mass is 19.3. The monoisotopic (exact) mass is 269 g/mol. The largest absolute Gasteiger partial charge is 0.464 e. The maximum atomic E-state index is 12.2. The van der Waals surface area contributed by atoms with Crippen LogP contribution in [0.1, 0.15) is 31.4 Å². The lowest BCUT2D eigenvalue weighted by Crippen LogP contribution is -2.07. The molecule has 2 aromatic heterocycles. The van der Waals surface area contributed by atoms with E-state index in [0.717, 1.165) is 17.9 Å². The number of alkyl halides is 2. The Morgan fingerprint density at radius 1 is 1.42 bits per heavy atom. The third kappa shape index (κ3) is 3.56. The van der Waals surface area contributed by atoms with Crippen LogP contribution in [0.25, 0.3) is 0 Å². The number of furan rings is 1. The van der Waals surface area contributed by atoms with Gasteiger partial charge in [-0.3, -0.25) is 4.68 Å². The van der Waals surface area contributed by atoms with Gasteiger partial charge in [-0.15, -0.1) is 0 Å². The van der Waals surface area contributed by atoms with Crippen LogP contribution < -0.4 is 5.32 Å². The zero-order valence-electron chi connectivity index (χ0n) is 10.9. The Morgan fingerprint density at radius 3 is 2.84 bits per heavy atom. The van der Waals surface area contributed by atoms with E-state index in [1.54, 1.807) is 6.20 Å². The summed E-state index contributed by atoms with van der Waals surface area (Å²) in [6.07, 6.45) is 1.54. The molecule has 0 aliphatic rings. The molecule has 0 spiro atoms. The highest BCUT2D eigenvalue weighted by Crippen LogP contribution is 2.21. The minimum absolute atomic E-state index is 0.0375. The number of nitrogens with zero attached hydrogens (tertiary/aromatic N) is 2. The van der Waals surface area contributed by atoms with Crippen LogP contribution in [-0.4, -0.2) is 16.2 Å². The summed E-state index contributed by atoms with van der Waals surface area (Å²) in [6.45, 7) is 3.58. The molecular weight excluding hydrogens is 252 g/mol. The molecule has 6 heteroatoms. The number of hydrogen-bond acceptors (Lipinski definition) is 3. The van der Waals surface area contributed by atoms with Crippen LogP contribution in [0.4, 0.5) is 14.5 Å². The topological polar surface area (TPSA) is 43.0 Å². The fraction of sp³-hybridized carbons (Fsp3) is 0.462. The van der Waals surface area contributed by atoms with E-state index >= 15 is 0 Å². The molecular formula is C13H17F2N3O. The lowest BCUT2D eigenvalue weighted by molar-refractivity contribution is 0.122. The van der Waals surface area contributed by atoms with Crippen molar-refractivity contribution in [2.24, 2.45) is 0 Å². The number of aromatic nitrogens is 2. The molecule has 0 amide bonds. The number of anilines is 1. The molecule has 19 heavy (non-hydrogen) atoms. The summed E-state index contributed by atoms with van der Waals surface area (Å²) < 4.78 is 31.3. The van der Waals surface area contributed by atoms with Crippen molar-refractivity contribution < 1.29 is 13.2 Å². The maximum Gasteiger partial charge on any atom is 0.257 e. The molecule has 2 aromatic rings. The minimum Gasteiger partial charge on any atom is -0.464 e. The first-order valence-corrected chi connectivity index (χ1v) is 6.24. The van der Waals surface area contributed by atoms with Crippen LogP contribution in [-0.2, 0) is 13.0 Å². The number of nitrogens with one attached hydrogen (secondary N) is 1. The van der Waals surface area contributed by atoms with E-state index in [4.69, 9.17) is 4.42 Å². The average molecular weight is 269 g/mol. The van der Waals surface area contributed by atoms with E-state index in [2.05, 4.69) is 10.4 Å². The summed E-state index contributed by atoms with van der Waals surface area (Å²) in [4.78, 5) is 0. The SMILES string of the molecule is CCc1ccc([C@H](C)Nc2cnn(CC(F)F)c2)o1. The molecule has 1 atom stereocenters. The minimum atomic E-state index is -2.40. The Morgan fingerprint density at radius 2 is 2.21 bits per heavy atom. The standard InChI is InChI=1S/C13H17F2N3O/c1-3-11-4-5-12(19-11)9(2)17-10-6-16-18(7-10)8-13(14)15/h4-7,9,13,17H,3,8H2,1-2H3/t9-/m0/s1. The quantitative estimate of drug-likeness (QED) is 0.873. The van der Waals surface area contributed by atoms with E-state index in [1.165, 1.54) is 10.9 Å². The van der Waals surface area contributed by atoms with Crippen LogP contribution in [0.5, 0.6) is 0 Å². The molecule has 104 valence electrons. The van der Waals surface area contributed by atoms with E-state index in [-0.39, 0.29) is 6.04 Å². The van der Waals surface area contributed by atoms with Crippen LogP contribution in [0.2, 0.25) is 0 Å². The second-order valence-electron chi connectivity index (χ2n) is 4.37. The first kappa shape index (κ1) is 13.6. The van der Waals surface area contributed by atoms with E-state index in [0.29, 0.717) is 5.69 Å². The second-order valence-corrected chi connectivity index (χ2v) is 4.37. The molecule has 1 N–H and O–H groups in total. The number of halogens is 2.